The van der Waals surface area contributed by atoms with Gasteiger partial charge in [-0.15, -0.1) is 0 Å². The first kappa shape index (κ1) is 59.3. The zero-order chi connectivity index (χ0) is 52.9. The van der Waals surface area contributed by atoms with E-state index in [-0.39, 0.29) is 13.2 Å². The van der Waals surface area contributed by atoms with E-state index in [2.05, 4.69) is 10.0 Å². The quantitative estimate of drug-likeness (QED) is 0.0233. The van der Waals surface area contributed by atoms with Gasteiger partial charge < -0.3 is 154 Å². The van der Waals surface area contributed by atoms with Gasteiger partial charge in [-0.1, -0.05) is 5.11 Å². The zero-order valence-corrected chi connectivity index (χ0v) is 37.7. The molecule has 0 aliphatic carbocycles. The van der Waals surface area contributed by atoms with Gasteiger partial charge in [0.1, 0.15) is 146 Å². The van der Waals surface area contributed by atoms with Crippen molar-refractivity contribution in [3.63, 3.8) is 0 Å². The highest BCUT2D eigenvalue weighted by molar-refractivity contribution is 4.96. The minimum Gasteiger partial charge on any atom is -0.394 e. The molecule has 6 fully saturated rings. The molecule has 6 aliphatic heterocycles. The zero-order valence-electron chi connectivity index (χ0n) is 37.7. The van der Waals surface area contributed by atoms with E-state index in [0.717, 1.165) is 0 Å². The first-order chi connectivity index (χ1) is 34.1. The fraction of sp³-hybridized carbons (Fsp3) is 1.00. The maximum absolute atomic E-state index is 10.8. The van der Waals surface area contributed by atoms with Gasteiger partial charge in [0.2, 0.25) is 0 Å². The van der Waals surface area contributed by atoms with Crippen LogP contribution in [-0.4, -0.2) is 334 Å². The summed E-state index contributed by atoms with van der Waals surface area (Å²) in [4.78, 5) is 2.55. The summed E-state index contributed by atoms with van der Waals surface area (Å²) in [6, 6.07) is 0. The predicted octanol–water partition coefficient (Wildman–Crippen LogP) is -12.8. The molecule has 0 bridgehead atoms. The Morgan fingerprint density at radius 3 is 0.736 bits per heavy atom. The fourth-order valence-corrected chi connectivity index (χ4v) is 8.37. The second-order valence-corrected chi connectivity index (χ2v) is 17.8. The molecule has 30 atom stereocenters. The Bertz CT molecular complexity index is 1700. The topological polar surface area (TPSA) is 544 Å². The van der Waals surface area contributed by atoms with Crippen LogP contribution in [0.25, 0.3) is 10.4 Å². The number of hydrogen-bond donors (Lipinski definition) is 19. The number of aliphatic hydroxyl groups is 19. The van der Waals surface area contributed by atoms with Crippen LogP contribution < -0.4 is 0 Å². The molecule has 5 unspecified atom stereocenters. The summed E-state index contributed by atoms with van der Waals surface area (Å²) in [6.45, 7) is -4.95. The third-order valence-electron chi connectivity index (χ3n) is 12.9. The van der Waals surface area contributed by atoms with Gasteiger partial charge in [0, 0.05) is 11.5 Å². The number of aliphatic hydroxyl groups excluding tert-OH is 19. The number of nitrogens with zero attached hydrogens (tertiary/aromatic N) is 3. The molecular formula is C38H65N3O31. The summed E-state index contributed by atoms with van der Waals surface area (Å²) in [6.07, 6.45) is -53.9. The summed E-state index contributed by atoms with van der Waals surface area (Å²) in [7, 11) is 0. The Hall–Kier alpha value is -1.93. The fourth-order valence-electron chi connectivity index (χ4n) is 8.37. The van der Waals surface area contributed by atoms with Gasteiger partial charge in [0.25, 0.3) is 0 Å². The van der Waals surface area contributed by atoms with Gasteiger partial charge in [-0.3, -0.25) is 0 Å². The lowest BCUT2D eigenvalue weighted by atomic mass is 9.97. The van der Waals surface area contributed by atoms with Crippen molar-refractivity contribution in [1.29, 1.82) is 0 Å². The molecule has 6 saturated heterocycles. The summed E-state index contributed by atoms with van der Waals surface area (Å²) >= 11 is 0. The molecule has 0 spiro atoms. The van der Waals surface area contributed by atoms with Crippen molar-refractivity contribution in [1.82, 2.24) is 0 Å². The van der Waals surface area contributed by atoms with E-state index in [4.69, 9.17) is 62.4 Å². The summed E-state index contributed by atoms with van der Waals surface area (Å²) in [5.41, 5.74) is 8.44. The number of azide groups is 1. The Balaban J connectivity index is 1.01. The average Bonchev–Trinajstić information content (AvgIpc) is 3.37. The van der Waals surface area contributed by atoms with Crippen LogP contribution in [0, 0.1) is 0 Å². The predicted molar refractivity (Wildman–Crippen MR) is 217 cm³/mol. The van der Waals surface area contributed by atoms with Crippen molar-refractivity contribution in [2.45, 2.75) is 184 Å². The van der Waals surface area contributed by atoms with Crippen LogP contribution in [0.2, 0.25) is 0 Å². The Kier molecular flexibility index (Phi) is 21.8. The normalized spacial score (nSPS) is 50.3. The Morgan fingerprint density at radius 2 is 0.514 bits per heavy atom. The first-order valence-corrected chi connectivity index (χ1v) is 22.6. The Labute approximate surface area is 406 Å². The monoisotopic (exact) mass is 1060 g/mol. The summed E-state index contributed by atoms with van der Waals surface area (Å²) in [5, 5.41) is 202. The van der Waals surface area contributed by atoms with Crippen LogP contribution in [0.4, 0.5) is 0 Å². The van der Waals surface area contributed by atoms with Crippen molar-refractivity contribution in [2.75, 3.05) is 52.8 Å². The molecule has 0 aromatic rings. The molecule has 0 aromatic heterocycles. The highest BCUT2D eigenvalue weighted by Crippen LogP contribution is 2.31. The van der Waals surface area contributed by atoms with Crippen LogP contribution in [-0.2, 0) is 56.8 Å². The van der Waals surface area contributed by atoms with Crippen molar-refractivity contribution in [3.05, 3.63) is 10.4 Å². The number of rotatable bonds is 20. The smallest absolute Gasteiger partial charge is 0.186 e. The van der Waals surface area contributed by atoms with Gasteiger partial charge >= 0.3 is 0 Å². The van der Waals surface area contributed by atoms with E-state index < -0.39 is 224 Å². The Morgan fingerprint density at radius 1 is 0.306 bits per heavy atom. The van der Waals surface area contributed by atoms with Gasteiger partial charge in [-0.2, -0.15) is 0 Å². The van der Waals surface area contributed by atoms with E-state index in [1.807, 2.05) is 0 Å². The lowest BCUT2D eigenvalue weighted by Crippen LogP contribution is -2.63. The molecule has 0 saturated carbocycles. The molecule has 0 radical (unpaired) electrons. The van der Waals surface area contributed by atoms with Gasteiger partial charge in [-0.25, -0.2) is 0 Å². The SMILES string of the molecule is [N-]=[N+]=NCCO[C@@H]1OC(CO[C@@H]2O[C@H](CO[C@@H]3OC(CO[C@@H]4OC(CO[C@@H]5OC(CO[C@@H]6OC(CO)[C@@H](O)[C@H](O)[C@H]6O)[C@@H](O)[C@H](O)[C@H]5O)[C@@H](O)[C@H](O)[C@H]4O)[C@@H](O)[C@H](O)[C@H]3O)[C@@H](O)[C@H](O)[C@H]2O)[C@@H](O)[C@H](O)[C@H]1O. The van der Waals surface area contributed by atoms with Crippen molar-refractivity contribution < 1.29 is 154 Å². The van der Waals surface area contributed by atoms with E-state index in [1.54, 1.807) is 0 Å². The molecule has 6 heterocycles. The van der Waals surface area contributed by atoms with Crippen molar-refractivity contribution in [2.24, 2.45) is 5.11 Å². The highest BCUT2D eigenvalue weighted by Gasteiger charge is 2.52. The standard InChI is InChI=1S/C38H65N3O31/c39-41-40-1-2-61-33-27(55)22(50)16(44)10(68-33)4-63-35-29(57)24(52)18(46)12(70-35)6-65-37-31(59)26(54)20(48)14(72-37)8-66-38-32(60)25(53)19(47)13(71-38)7-64-36-30(58)23(51)17(45)11(69-36)5-62-34-28(56)21(49)15(43)9(3-42)67-34/h9-38,42-60H,1-8H2/t9?,10?,11?,12-,13?,14?,15-,16-,17-,18-,19-,20-,21+,22+,23+,24+,25+,26+,27-,28-,29-,30-,31-,32-,33-,34-,35-,36-,37-,38-/m1/s1. The molecular weight excluding hydrogens is 994 g/mol. The van der Waals surface area contributed by atoms with Crippen molar-refractivity contribution in [3.8, 4) is 0 Å². The minimum atomic E-state index is -2.02. The lowest BCUT2D eigenvalue weighted by Gasteiger charge is -2.45. The first-order valence-electron chi connectivity index (χ1n) is 22.6. The summed E-state index contributed by atoms with van der Waals surface area (Å²) in [5.74, 6) is 0. The van der Waals surface area contributed by atoms with Crippen LogP contribution in [0.3, 0.4) is 0 Å². The minimum absolute atomic E-state index is 0.168. The highest BCUT2D eigenvalue weighted by atomic mass is 16.8. The molecule has 34 nitrogen and oxygen atoms in total. The second-order valence-electron chi connectivity index (χ2n) is 17.8. The molecule has 6 aliphatic rings. The van der Waals surface area contributed by atoms with Crippen LogP contribution in [0.15, 0.2) is 5.11 Å². The van der Waals surface area contributed by atoms with E-state index in [0.29, 0.717) is 0 Å². The van der Waals surface area contributed by atoms with E-state index >= 15 is 0 Å². The second kappa shape index (κ2) is 26.4. The van der Waals surface area contributed by atoms with Crippen LogP contribution >= 0.6 is 0 Å². The van der Waals surface area contributed by atoms with Crippen LogP contribution in [0.1, 0.15) is 0 Å². The van der Waals surface area contributed by atoms with Gasteiger partial charge in [-0.05, 0) is 5.53 Å². The van der Waals surface area contributed by atoms with Crippen molar-refractivity contribution >= 4 is 0 Å². The molecule has 34 heteroatoms. The molecule has 0 amide bonds. The van der Waals surface area contributed by atoms with E-state index in [1.165, 1.54) is 0 Å². The summed E-state index contributed by atoms with van der Waals surface area (Å²) < 4.78 is 65.8. The maximum Gasteiger partial charge on any atom is 0.186 e. The number of ether oxygens (including phenoxy) is 12. The molecule has 6 rings (SSSR count). The molecule has 72 heavy (non-hydrogen) atoms. The number of hydrogen-bond acceptors (Lipinski definition) is 32. The lowest BCUT2D eigenvalue weighted by molar-refractivity contribution is -0.352. The average molecular weight is 1060 g/mol. The maximum atomic E-state index is 10.8. The molecule has 19 N–H and O–H groups in total. The van der Waals surface area contributed by atoms with E-state index in [9.17, 15) is 97.0 Å². The third kappa shape index (κ3) is 13.4. The van der Waals surface area contributed by atoms with Crippen LogP contribution in [0.5, 0.6) is 0 Å². The molecule has 0 aromatic carbocycles. The van der Waals surface area contributed by atoms with Gasteiger partial charge in [0.05, 0.1) is 46.2 Å². The largest absolute Gasteiger partial charge is 0.394 e. The van der Waals surface area contributed by atoms with Gasteiger partial charge in [0.15, 0.2) is 37.7 Å². The molecule has 418 valence electrons. The third-order valence-corrected chi connectivity index (χ3v) is 12.9.